The van der Waals surface area contributed by atoms with Gasteiger partial charge in [-0.05, 0) is 19.9 Å². The first kappa shape index (κ1) is 11.8. The van der Waals surface area contributed by atoms with Crippen LogP contribution in [0.1, 0.15) is 13.3 Å². The van der Waals surface area contributed by atoms with Crippen LogP contribution in [0, 0.1) is 0 Å². The van der Waals surface area contributed by atoms with E-state index in [1.54, 1.807) is 7.11 Å². The fourth-order valence-corrected chi connectivity index (χ4v) is 0.970. The minimum absolute atomic E-state index is 0.163. The van der Waals surface area contributed by atoms with Gasteiger partial charge in [-0.3, -0.25) is 0 Å². The molecular weight excluding hydrogens is 156 g/mol. The lowest BCUT2D eigenvalue weighted by Crippen LogP contribution is -2.52. The van der Waals surface area contributed by atoms with Crippen LogP contribution in [0.2, 0.25) is 0 Å². The van der Waals surface area contributed by atoms with Crippen LogP contribution in [0.5, 0.6) is 0 Å². The minimum Gasteiger partial charge on any atom is -0.396 e. The maximum Gasteiger partial charge on any atom is 0.0654 e. The molecule has 0 rings (SSSR count). The van der Waals surface area contributed by atoms with Crippen LogP contribution in [-0.2, 0) is 4.74 Å². The third kappa shape index (κ3) is 4.66. The Bertz CT molecular complexity index is 111. The van der Waals surface area contributed by atoms with Crippen LogP contribution in [0.4, 0.5) is 0 Å². The molecule has 4 N–H and O–H groups in total. The number of methoxy groups -OCH3 is 1. The molecule has 0 aliphatic rings. The average molecular weight is 176 g/mol. The maximum atomic E-state index is 8.56. The number of ether oxygens (including phenoxy) is 1. The number of nitrogens with one attached hydrogen (secondary N) is 1. The van der Waals surface area contributed by atoms with Gasteiger partial charge in [0.1, 0.15) is 0 Å². The van der Waals surface area contributed by atoms with Crippen LogP contribution in [0.15, 0.2) is 0 Å². The van der Waals surface area contributed by atoms with Crippen molar-refractivity contribution in [2.45, 2.75) is 18.9 Å². The largest absolute Gasteiger partial charge is 0.396 e. The molecule has 0 aromatic rings. The van der Waals surface area contributed by atoms with Gasteiger partial charge >= 0.3 is 0 Å². The first-order valence-electron chi connectivity index (χ1n) is 4.23. The standard InChI is InChI=1S/C8H20N2O2/c1-8(6-9,7-12-2)10-4-3-5-11/h10-11H,3-7,9H2,1-2H3. The molecule has 0 aromatic heterocycles. The van der Waals surface area contributed by atoms with Crippen molar-refractivity contribution in [2.75, 3.05) is 33.4 Å². The Morgan fingerprint density at radius 3 is 2.67 bits per heavy atom. The molecule has 0 radical (unpaired) electrons. The fourth-order valence-electron chi connectivity index (χ4n) is 0.970. The number of rotatable bonds is 7. The summed E-state index contributed by atoms with van der Waals surface area (Å²) in [6.45, 7) is 4.11. The number of nitrogens with two attached hydrogens (primary N) is 1. The van der Waals surface area contributed by atoms with E-state index in [1.807, 2.05) is 6.92 Å². The van der Waals surface area contributed by atoms with Gasteiger partial charge in [0, 0.05) is 20.3 Å². The zero-order chi connectivity index (χ0) is 9.45. The van der Waals surface area contributed by atoms with Crippen LogP contribution in [0.25, 0.3) is 0 Å². The Hall–Kier alpha value is -0.160. The Balaban J connectivity index is 3.63. The third-order valence-corrected chi connectivity index (χ3v) is 1.80. The van der Waals surface area contributed by atoms with E-state index in [4.69, 9.17) is 15.6 Å². The van der Waals surface area contributed by atoms with Gasteiger partial charge in [0.25, 0.3) is 0 Å². The lowest BCUT2D eigenvalue weighted by atomic mass is 10.0. The monoisotopic (exact) mass is 176 g/mol. The minimum atomic E-state index is -0.163. The van der Waals surface area contributed by atoms with E-state index in [1.165, 1.54) is 0 Å². The quantitative estimate of drug-likeness (QED) is 0.450. The molecule has 0 heterocycles. The SMILES string of the molecule is COCC(C)(CN)NCCCO. The summed E-state index contributed by atoms with van der Waals surface area (Å²) in [4.78, 5) is 0. The van der Waals surface area contributed by atoms with Crippen molar-refractivity contribution in [3.05, 3.63) is 0 Å². The predicted molar refractivity (Wildman–Crippen MR) is 49.0 cm³/mol. The highest BCUT2D eigenvalue weighted by molar-refractivity contribution is 4.83. The van der Waals surface area contributed by atoms with Crippen molar-refractivity contribution in [3.63, 3.8) is 0 Å². The molecule has 0 aliphatic heterocycles. The number of aliphatic hydroxyl groups is 1. The highest BCUT2D eigenvalue weighted by atomic mass is 16.5. The van der Waals surface area contributed by atoms with E-state index in [-0.39, 0.29) is 12.1 Å². The van der Waals surface area contributed by atoms with Gasteiger partial charge < -0.3 is 20.9 Å². The fraction of sp³-hybridized carbons (Fsp3) is 1.00. The molecule has 0 amide bonds. The summed E-state index contributed by atoms with van der Waals surface area (Å²) >= 11 is 0. The van der Waals surface area contributed by atoms with Crippen molar-refractivity contribution >= 4 is 0 Å². The molecule has 12 heavy (non-hydrogen) atoms. The maximum absolute atomic E-state index is 8.56. The van der Waals surface area contributed by atoms with Gasteiger partial charge in [-0.1, -0.05) is 0 Å². The summed E-state index contributed by atoms with van der Waals surface area (Å²) in [7, 11) is 1.65. The molecule has 4 heteroatoms. The first-order valence-corrected chi connectivity index (χ1v) is 4.23. The topological polar surface area (TPSA) is 67.5 Å². The number of aliphatic hydroxyl groups excluding tert-OH is 1. The Morgan fingerprint density at radius 1 is 1.58 bits per heavy atom. The van der Waals surface area contributed by atoms with Crippen molar-refractivity contribution in [1.29, 1.82) is 0 Å². The van der Waals surface area contributed by atoms with Crippen molar-refractivity contribution < 1.29 is 9.84 Å². The smallest absolute Gasteiger partial charge is 0.0654 e. The van der Waals surface area contributed by atoms with Gasteiger partial charge in [-0.15, -0.1) is 0 Å². The number of hydrogen-bond donors (Lipinski definition) is 3. The molecule has 0 aliphatic carbocycles. The molecule has 1 unspecified atom stereocenters. The predicted octanol–water partition coefficient (Wildman–Crippen LogP) is -0.678. The van der Waals surface area contributed by atoms with E-state index >= 15 is 0 Å². The van der Waals surface area contributed by atoms with Gasteiger partial charge in [-0.2, -0.15) is 0 Å². The lowest BCUT2D eigenvalue weighted by molar-refractivity contribution is 0.121. The average Bonchev–Trinajstić information content (AvgIpc) is 2.06. The van der Waals surface area contributed by atoms with Gasteiger partial charge in [0.15, 0.2) is 0 Å². The van der Waals surface area contributed by atoms with Crippen molar-refractivity contribution in [2.24, 2.45) is 5.73 Å². The zero-order valence-electron chi connectivity index (χ0n) is 7.97. The van der Waals surface area contributed by atoms with Crippen molar-refractivity contribution in [3.8, 4) is 0 Å². The summed E-state index contributed by atoms with van der Waals surface area (Å²) in [5, 5.41) is 11.8. The summed E-state index contributed by atoms with van der Waals surface area (Å²) in [5.74, 6) is 0. The molecule has 0 saturated carbocycles. The second-order valence-electron chi connectivity index (χ2n) is 3.20. The molecule has 1 atom stereocenters. The second kappa shape index (κ2) is 6.37. The second-order valence-corrected chi connectivity index (χ2v) is 3.20. The van der Waals surface area contributed by atoms with Crippen LogP contribution in [0.3, 0.4) is 0 Å². The molecule has 0 aromatic carbocycles. The molecule has 0 fully saturated rings. The van der Waals surface area contributed by atoms with E-state index in [0.29, 0.717) is 13.2 Å². The van der Waals surface area contributed by atoms with E-state index in [2.05, 4.69) is 5.32 Å². The van der Waals surface area contributed by atoms with Gasteiger partial charge in [0.2, 0.25) is 0 Å². The Kier molecular flexibility index (Phi) is 6.28. The summed E-state index contributed by atoms with van der Waals surface area (Å²) in [6.07, 6.45) is 0.749. The summed E-state index contributed by atoms with van der Waals surface area (Å²) in [5.41, 5.74) is 5.41. The lowest BCUT2D eigenvalue weighted by Gasteiger charge is -2.28. The van der Waals surface area contributed by atoms with E-state index < -0.39 is 0 Å². The molecule has 74 valence electrons. The van der Waals surface area contributed by atoms with Gasteiger partial charge in [0.05, 0.1) is 12.1 Å². The summed E-state index contributed by atoms with van der Waals surface area (Å²) in [6, 6.07) is 0. The van der Waals surface area contributed by atoms with Crippen LogP contribution < -0.4 is 11.1 Å². The van der Waals surface area contributed by atoms with E-state index in [9.17, 15) is 0 Å². The zero-order valence-corrected chi connectivity index (χ0v) is 7.97. The van der Waals surface area contributed by atoms with Crippen molar-refractivity contribution in [1.82, 2.24) is 5.32 Å². The first-order chi connectivity index (χ1) is 5.68. The van der Waals surface area contributed by atoms with Crippen LogP contribution in [-0.4, -0.2) is 44.1 Å². The highest BCUT2D eigenvalue weighted by Gasteiger charge is 2.20. The summed E-state index contributed by atoms with van der Waals surface area (Å²) < 4.78 is 5.02. The highest BCUT2D eigenvalue weighted by Crippen LogP contribution is 2.00. The number of hydrogen-bond acceptors (Lipinski definition) is 4. The van der Waals surface area contributed by atoms with Gasteiger partial charge in [-0.25, -0.2) is 0 Å². The Labute approximate surface area is 74.1 Å². The molecular formula is C8H20N2O2. The molecule has 4 nitrogen and oxygen atoms in total. The Morgan fingerprint density at radius 2 is 2.25 bits per heavy atom. The third-order valence-electron chi connectivity index (χ3n) is 1.80. The van der Waals surface area contributed by atoms with E-state index in [0.717, 1.165) is 13.0 Å². The normalized spacial score (nSPS) is 16.0. The van der Waals surface area contributed by atoms with Crippen LogP contribution >= 0.6 is 0 Å². The molecule has 0 spiro atoms. The molecule has 0 bridgehead atoms. The molecule has 0 saturated heterocycles.